The number of aryl methyl sites for hydroxylation is 1. The Hall–Kier alpha value is -2.55. The fourth-order valence-electron chi connectivity index (χ4n) is 2.79. The summed E-state index contributed by atoms with van der Waals surface area (Å²) in [6.07, 6.45) is 0. The SMILES string of the molecule is Cc1cc(C(=O)COc2ccc(C#N)cc2Cl)c(C)n1Cc1cccs1. The third-order valence-electron chi connectivity index (χ3n) is 4.19. The Balaban J connectivity index is 1.73. The predicted octanol–water partition coefficient (Wildman–Crippen LogP) is 5.00. The molecule has 2 aromatic heterocycles. The van der Waals surface area contributed by atoms with Crippen LogP contribution in [-0.2, 0) is 6.54 Å². The Labute approximate surface area is 161 Å². The van der Waals surface area contributed by atoms with E-state index in [9.17, 15) is 4.79 Å². The first-order valence-corrected chi connectivity index (χ1v) is 9.30. The molecule has 0 N–H and O–H groups in total. The van der Waals surface area contributed by atoms with Crippen molar-refractivity contribution in [2.45, 2.75) is 20.4 Å². The molecule has 0 spiro atoms. The van der Waals surface area contributed by atoms with E-state index in [1.165, 1.54) is 10.9 Å². The van der Waals surface area contributed by atoms with Gasteiger partial charge in [0.25, 0.3) is 0 Å². The molecule has 132 valence electrons. The van der Waals surface area contributed by atoms with Gasteiger partial charge in [0.15, 0.2) is 6.61 Å². The summed E-state index contributed by atoms with van der Waals surface area (Å²) in [6, 6.07) is 12.8. The molecule has 26 heavy (non-hydrogen) atoms. The smallest absolute Gasteiger partial charge is 0.202 e. The quantitative estimate of drug-likeness (QED) is 0.562. The molecule has 0 aliphatic rings. The third kappa shape index (κ3) is 3.82. The summed E-state index contributed by atoms with van der Waals surface area (Å²) in [7, 11) is 0. The summed E-state index contributed by atoms with van der Waals surface area (Å²) in [4.78, 5) is 13.9. The van der Waals surface area contributed by atoms with Gasteiger partial charge in [-0.3, -0.25) is 4.79 Å². The minimum absolute atomic E-state index is 0.101. The molecule has 0 bridgehead atoms. The molecule has 3 rings (SSSR count). The van der Waals surface area contributed by atoms with Gasteiger partial charge in [0.05, 0.1) is 23.2 Å². The first kappa shape index (κ1) is 18.2. The van der Waals surface area contributed by atoms with Crippen LogP contribution >= 0.6 is 22.9 Å². The summed E-state index contributed by atoms with van der Waals surface area (Å²) in [5.74, 6) is 0.294. The van der Waals surface area contributed by atoms with Crippen molar-refractivity contribution in [1.82, 2.24) is 4.57 Å². The monoisotopic (exact) mass is 384 g/mol. The highest BCUT2D eigenvalue weighted by atomic mass is 35.5. The van der Waals surface area contributed by atoms with E-state index in [4.69, 9.17) is 21.6 Å². The number of Topliss-reactive ketones (excluding diaryl/α,β-unsaturated/α-hetero) is 1. The second kappa shape index (κ2) is 7.77. The number of aromatic nitrogens is 1. The van der Waals surface area contributed by atoms with Crippen LogP contribution in [0.4, 0.5) is 0 Å². The Morgan fingerprint density at radius 3 is 2.77 bits per heavy atom. The molecule has 0 aliphatic heterocycles. The summed E-state index contributed by atoms with van der Waals surface area (Å²) in [6.45, 7) is 4.60. The van der Waals surface area contributed by atoms with Gasteiger partial charge < -0.3 is 9.30 Å². The van der Waals surface area contributed by atoms with Gasteiger partial charge in [-0.1, -0.05) is 17.7 Å². The lowest BCUT2D eigenvalue weighted by Gasteiger charge is -2.09. The molecular weight excluding hydrogens is 368 g/mol. The van der Waals surface area contributed by atoms with Gasteiger partial charge in [-0.25, -0.2) is 0 Å². The van der Waals surface area contributed by atoms with Gasteiger partial charge in [0.2, 0.25) is 5.78 Å². The molecule has 4 nitrogen and oxygen atoms in total. The second-order valence-electron chi connectivity index (χ2n) is 5.92. The van der Waals surface area contributed by atoms with Crippen LogP contribution in [-0.4, -0.2) is 17.0 Å². The number of ether oxygens (including phenoxy) is 1. The fraction of sp³-hybridized carbons (Fsp3) is 0.200. The van der Waals surface area contributed by atoms with Crippen LogP contribution < -0.4 is 4.74 Å². The lowest BCUT2D eigenvalue weighted by Crippen LogP contribution is -2.13. The van der Waals surface area contributed by atoms with E-state index >= 15 is 0 Å². The number of hydrogen-bond donors (Lipinski definition) is 0. The van der Waals surface area contributed by atoms with Crippen molar-refractivity contribution in [3.8, 4) is 11.8 Å². The van der Waals surface area contributed by atoms with Crippen LogP contribution in [0.3, 0.4) is 0 Å². The summed E-state index contributed by atoms with van der Waals surface area (Å²) in [5, 5.41) is 11.2. The van der Waals surface area contributed by atoms with Crippen molar-refractivity contribution in [2.24, 2.45) is 0 Å². The average Bonchev–Trinajstić information content (AvgIpc) is 3.24. The van der Waals surface area contributed by atoms with Crippen molar-refractivity contribution in [2.75, 3.05) is 6.61 Å². The van der Waals surface area contributed by atoms with Crippen molar-refractivity contribution in [1.29, 1.82) is 5.26 Å². The minimum Gasteiger partial charge on any atom is -0.484 e. The van der Waals surface area contributed by atoms with Crippen LogP contribution in [0, 0.1) is 25.2 Å². The molecule has 0 amide bonds. The third-order valence-corrected chi connectivity index (χ3v) is 5.34. The highest BCUT2D eigenvalue weighted by molar-refractivity contribution is 7.09. The van der Waals surface area contributed by atoms with E-state index in [1.807, 2.05) is 37.4 Å². The highest BCUT2D eigenvalue weighted by Crippen LogP contribution is 2.26. The lowest BCUT2D eigenvalue weighted by molar-refractivity contribution is 0.0921. The molecule has 0 fully saturated rings. The molecule has 2 heterocycles. The van der Waals surface area contributed by atoms with Crippen LogP contribution in [0.15, 0.2) is 41.8 Å². The van der Waals surface area contributed by atoms with Gasteiger partial charge in [-0.2, -0.15) is 5.26 Å². The zero-order chi connectivity index (χ0) is 18.7. The number of halogens is 1. The van der Waals surface area contributed by atoms with Crippen molar-refractivity contribution in [3.63, 3.8) is 0 Å². The predicted molar refractivity (Wildman–Crippen MR) is 103 cm³/mol. The zero-order valence-corrected chi connectivity index (χ0v) is 16.0. The number of thiophene rings is 1. The van der Waals surface area contributed by atoms with Crippen LogP contribution in [0.25, 0.3) is 0 Å². The van der Waals surface area contributed by atoms with E-state index in [2.05, 4.69) is 10.6 Å². The highest BCUT2D eigenvalue weighted by Gasteiger charge is 2.17. The number of hydrogen-bond acceptors (Lipinski definition) is 4. The molecule has 0 radical (unpaired) electrons. The van der Waals surface area contributed by atoms with Crippen molar-refractivity contribution < 1.29 is 9.53 Å². The maximum Gasteiger partial charge on any atom is 0.202 e. The molecule has 0 saturated carbocycles. The fourth-order valence-corrected chi connectivity index (χ4v) is 3.72. The standard InChI is InChI=1S/C20H17ClN2O2S/c1-13-8-17(14(2)23(13)11-16-4-3-7-26-16)19(24)12-25-20-6-5-15(10-22)9-18(20)21/h3-9H,11-12H2,1-2H3. The van der Waals surface area contributed by atoms with Gasteiger partial charge in [0.1, 0.15) is 5.75 Å². The van der Waals surface area contributed by atoms with Crippen LogP contribution in [0.1, 0.15) is 32.2 Å². The van der Waals surface area contributed by atoms with E-state index in [-0.39, 0.29) is 12.4 Å². The number of carbonyl (C=O) groups excluding carboxylic acids is 1. The first-order chi connectivity index (χ1) is 12.5. The number of nitriles is 1. The minimum atomic E-state index is -0.102. The van der Waals surface area contributed by atoms with Gasteiger partial charge in [-0.05, 0) is 49.6 Å². The number of carbonyl (C=O) groups is 1. The zero-order valence-electron chi connectivity index (χ0n) is 14.5. The largest absolute Gasteiger partial charge is 0.484 e. The topological polar surface area (TPSA) is 55.0 Å². The van der Waals surface area contributed by atoms with Crippen LogP contribution in [0.2, 0.25) is 5.02 Å². The van der Waals surface area contributed by atoms with Gasteiger partial charge in [0, 0.05) is 21.8 Å². The maximum atomic E-state index is 12.6. The Morgan fingerprint density at radius 2 is 2.12 bits per heavy atom. The van der Waals surface area contributed by atoms with E-state index in [0.717, 1.165) is 17.9 Å². The molecule has 3 aromatic rings. The van der Waals surface area contributed by atoms with Crippen LogP contribution in [0.5, 0.6) is 5.75 Å². The number of benzene rings is 1. The molecular formula is C20H17ClN2O2S. The normalized spacial score (nSPS) is 10.5. The molecule has 0 saturated heterocycles. The van der Waals surface area contributed by atoms with E-state index < -0.39 is 0 Å². The number of ketones is 1. The van der Waals surface area contributed by atoms with Crippen molar-refractivity contribution >= 4 is 28.7 Å². The Kier molecular flexibility index (Phi) is 5.46. The summed E-state index contributed by atoms with van der Waals surface area (Å²) in [5.41, 5.74) is 3.07. The van der Waals surface area contributed by atoms with E-state index in [0.29, 0.717) is 21.9 Å². The number of nitrogens with zero attached hydrogens (tertiary/aromatic N) is 2. The molecule has 1 aromatic carbocycles. The second-order valence-corrected chi connectivity index (χ2v) is 7.36. The van der Waals surface area contributed by atoms with E-state index in [1.54, 1.807) is 23.5 Å². The lowest BCUT2D eigenvalue weighted by atomic mass is 10.1. The van der Waals surface area contributed by atoms with Gasteiger partial charge >= 0.3 is 0 Å². The Bertz CT molecular complexity index is 984. The van der Waals surface area contributed by atoms with Gasteiger partial charge in [-0.15, -0.1) is 11.3 Å². The summed E-state index contributed by atoms with van der Waals surface area (Å²) >= 11 is 7.78. The summed E-state index contributed by atoms with van der Waals surface area (Å²) < 4.78 is 7.70. The number of rotatable bonds is 6. The molecule has 0 aliphatic carbocycles. The molecule has 6 heteroatoms. The molecule has 0 unspecified atom stereocenters. The Morgan fingerprint density at radius 1 is 1.31 bits per heavy atom. The first-order valence-electron chi connectivity index (χ1n) is 8.04. The maximum absolute atomic E-state index is 12.6. The average molecular weight is 385 g/mol. The van der Waals surface area contributed by atoms with Crippen molar-refractivity contribution in [3.05, 3.63) is 74.2 Å². The molecule has 0 atom stereocenters.